The third-order valence-corrected chi connectivity index (χ3v) is 6.82. The van der Waals surface area contributed by atoms with E-state index in [1.807, 2.05) is 29.9 Å². The summed E-state index contributed by atoms with van der Waals surface area (Å²) >= 11 is 0. The Balaban J connectivity index is 1.71. The molecule has 0 bridgehead atoms. The fraction of sp³-hybridized carbons (Fsp3) is 0.125. The van der Waals surface area contributed by atoms with E-state index in [-0.39, 0.29) is 17.4 Å². The molecule has 8 nitrogen and oxygen atoms in total. The molecule has 1 N–H and O–H groups in total. The van der Waals surface area contributed by atoms with Crippen molar-refractivity contribution in [3.8, 4) is 27.9 Å². The van der Waals surface area contributed by atoms with Gasteiger partial charge in [0.1, 0.15) is 18.0 Å². The molecule has 3 heterocycles. The van der Waals surface area contributed by atoms with Gasteiger partial charge in [-0.25, -0.2) is 22.8 Å². The number of aryl methyl sites for hydroxylation is 1. The van der Waals surface area contributed by atoms with Crippen LogP contribution in [0.5, 0.6) is 0 Å². The summed E-state index contributed by atoms with van der Waals surface area (Å²) < 4.78 is 44.9. The van der Waals surface area contributed by atoms with Gasteiger partial charge in [0.15, 0.2) is 0 Å². The predicted octanol–water partition coefficient (Wildman–Crippen LogP) is 4.39. The molecule has 5 aromatic rings. The second kappa shape index (κ2) is 8.38. The molecule has 10 heteroatoms. The van der Waals surface area contributed by atoms with Gasteiger partial charge < -0.3 is 0 Å². The molecule has 0 radical (unpaired) electrons. The first-order chi connectivity index (χ1) is 16.4. The third-order valence-electron chi connectivity index (χ3n) is 5.54. The summed E-state index contributed by atoms with van der Waals surface area (Å²) in [7, 11) is -1.64. The lowest BCUT2D eigenvalue weighted by Crippen LogP contribution is -2.15. The number of hydrogen-bond donors (Lipinski definition) is 1. The van der Waals surface area contributed by atoms with Crippen molar-refractivity contribution in [2.75, 3.05) is 10.5 Å². The van der Waals surface area contributed by atoms with E-state index in [0.29, 0.717) is 22.3 Å². The number of pyridine rings is 1. The quantitative estimate of drug-likeness (QED) is 0.392. The van der Waals surface area contributed by atoms with E-state index in [2.05, 4.69) is 19.8 Å². The molecule has 0 spiro atoms. The summed E-state index contributed by atoms with van der Waals surface area (Å²) in [6, 6.07) is 13.8. The number of sulfonamides is 1. The van der Waals surface area contributed by atoms with Gasteiger partial charge in [-0.1, -0.05) is 24.3 Å². The minimum Gasteiger partial charge on any atom is -0.299 e. The van der Waals surface area contributed by atoms with E-state index in [0.717, 1.165) is 16.6 Å². The van der Waals surface area contributed by atoms with Crippen molar-refractivity contribution in [1.29, 1.82) is 0 Å². The van der Waals surface area contributed by atoms with Crippen molar-refractivity contribution in [2.24, 2.45) is 7.05 Å². The van der Waals surface area contributed by atoms with Crippen LogP contribution in [0.4, 0.5) is 10.2 Å². The van der Waals surface area contributed by atoms with E-state index < -0.39 is 10.0 Å². The van der Waals surface area contributed by atoms with E-state index in [1.54, 1.807) is 54.5 Å². The summed E-state index contributed by atoms with van der Waals surface area (Å²) in [4.78, 5) is 8.75. The van der Waals surface area contributed by atoms with Crippen LogP contribution < -0.4 is 4.72 Å². The molecular formula is C24H21FN6O2S. The highest BCUT2D eigenvalue weighted by Crippen LogP contribution is 2.39. The molecule has 5 rings (SSSR count). The molecule has 0 unspecified atom stereocenters. The van der Waals surface area contributed by atoms with Gasteiger partial charge in [-0.05, 0) is 30.7 Å². The van der Waals surface area contributed by atoms with Crippen LogP contribution in [-0.2, 0) is 17.1 Å². The van der Waals surface area contributed by atoms with Crippen LogP contribution in [-0.4, -0.2) is 38.5 Å². The number of benzene rings is 2. The van der Waals surface area contributed by atoms with Crippen LogP contribution >= 0.6 is 0 Å². The Kier molecular flexibility index (Phi) is 5.37. The zero-order valence-corrected chi connectivity index (χ0v) is 19.3. The zero-order chi connectivity index (χ0) is 23.9. The minimum absolute atomic E-state index is 0.0595. The molecule has 0 amide bonds. The number of aromatic nitrogens is 5. The van der Waals surface area contributed by atoms with Crippen molar-refractivity contribution in [3.63, 3.8) is 0 Å². The Morgan fingerprint density at radius 3 is 2.62 bits per heavy atom. The lowest BCUT2D eigenvalue weighted by atomic mass is 9.94. The average Bonchev–Trinajstić information content (AvgIpc) is 3.45. The lowest BCUT2D eigenvalue weighted by Gasteiger charge is -2.12. The van der Waals surface area contributed by atoms with Gasteiger partial charge >= 0.3 is 0 Å². The Bertz CT molecular complexity index is 1620. The number of rotatable bonds is 6. The molecule has 0 aliphatic rings. The van der Waals surface area contributed by atoms with Crippen molar-refractivity contribution in [2.45, 2.75) is 6.92 Å². The van der Waals surface area contributed by atoms with Crippen LogP contribution in [0, 0.1) is 5.82 Å². The van der Waals surface area contributed by atoms with E-state index in [4.69, 9.17) is 0 Å². The number of nitrogens with one attached hydrogen (secondary N) is 1. The molecule has 0 saturated heterocycles. The topological polar surface area (TPSA) is 94.7 Å². The summed E-state index contributed by atoms with van der Waals surface area (Å²) in [5.41, 5.74) is 4.76. The van der Waals surface area contributed by atoms with Gasteiger partial charge in [-0.3, -0.25) is 14.0 Å². The van der Waals surface area contributed by atoms with Gasteiger partial charge in [0.25, 0.3) is 0 Å². The lowest BCUT2D eigenvalue weighted by molar-refractivity contribution is 0.602. The molecule has 0 atom stereocenters. The SMILES string of the molecule is CCS(=O)(=O)Nc1cc(-n2cnc3c(-c4ccccc4F)c(-c4cnn(C)c4)ccc32)ccn1. The molecule has 0 aliphatic heterocycles. The maximum absolute atomic E-state index is 14.9. The molecule has 172 valence electrons. The fourth-order valence-electron chi connectivity index (χ4n) is 3.88. The van der Waals surface area contributed by atoms with E-state index in [1.165, 1.54) is 12.3 Å². The summed E-state index contributed by atoms with van der Waals surface area (Å²) in [5.74, 6) is -0.201. The second-order valence-electron chi connectivity index (χ2n) is 7.76. The highest BCUT2D eigenvalue weighted by molar-refractivity contribution is 7.92. The van der Waals surface area contributed by atoms with Crippen molar-refractivity contribution in [3.05, 3.63) is 79.3 Å². The van der Waals surface area contributed by atoms with Gasteiger partial charge in [0.2, 0.25) is 10.0 Å². The maximum atomic E-state index is 14.9. The Morgan fingerprint density at radius 1 is 1.06 bits per heavy atom. The maximum Gasteiger partial charge on any atom is 0.233 e. The van der Waals surface area contributed by atoms with Crippen molar-refractivity contribution < 1.29 is 12.8 Å². The first-order valence-corrected chi connectivity index (χ1v) is 12.2. The average molecular weight is 477 g/mol. The standard InChI is InChI=1S/C24H21FN6O2S/c1-3-34(32,33)29-22-12-17(10-11-26-22)31-15-27-24-21(31)9-8-18(16-13-28-30(2)14-16)23(24)19-6-4-5-7-20(19)25/h4-15H,3H2,1-2H3,(H,26,29). The molecule has 34 heavy (non-hydrogen) atoms. The van der Waals surface area contributed by atoms with Gasteiger partial charge in [0.05, 0.1) is 28.7 Å². The molecule has 0 fully saturated rings. The fourth-order valence-corrected chi connectivity index (χ4v) is 4.46. The number of hydrogen-bond acceptors (Lipinski definition) is 5. The number of nitrogens with zero attached hydrogens (tertiary/aromatic N) is 5. The largest absolute Gasteiger partial charge is 0.299 e. The summed E-state index contributed by atoms with van der Waals surface area (Å²) in [6.45, 7) is 1.56. The summed E-state index contributed by atoms with van der Waals surface area (Å²) in [6.07, 6.45) is 6.76. The number of anilines is 1. The zero-order valence-electron chi connectivity index (χ0n) is 18.5. The van der Waals surface area contributed by atoms with Crippen LogP contribution in [0.1, 0.15) is 6.92 Å². The van der Waals surface area contributed by atoms with Crippen molar-refractivity contribution >= 4 is 26.9 Å². The van der Waals surface area contributed by atoms with Gasteiger partial charge in [-0.15, -0.1) is 0 Å². The van der Waals surface area contributed by atoms with Gasteiger partial charge in [-0.2, -0.15) is 5.10 Å². The number of imidazole rings is 1. The molecular weight excluding hydrogens is 455 g/mol. The first kappa shape index (κ1) is 21.8. The van der Waals surface area contributed by atoms with Crippen LogP contribution in [0.3, 0.4) is 0 Å². The molecule has 3 aromatic heterocycles. The molecule has 0 saturated carbocycles. The smallest absolute Gasteiger partial charge is 0.233 e. The first-order valence-electron chi connectivity index (χ1n) is 10.6. The van der Waals surface area contributed by atoms with Crippen LogP contribution in [0.2, 0.25) is 0 Å². The predicted molar refractivity (Wildman–Crippen MR) is 130 cm³/mol. The minimum atomic E-state index is -3.47. The monoisotopic (exact) mass is 476 g/mol. The van der Waals surface area contributed by atoms with E-state index in [9.17, 15) is 12.8 Å². The van der Waals surface area contributed by atoms with E-state index >= 15 is 0 Å². The Hall–Kier alpha value is -4.05. The Morgan fingerprint density at radius 2 is 1.88 bits per heavy atom. The molecule has 2 aromatic carbocycles. The molecule has 0 aliphatic carbocycles. The Labute approximate surface area is 195 Å². The highest BCUT2D eigenvalue weighted by atomic mass is 32.2. The van der Waals surface area contributed by atoms with Crippen molar-refractivity contribution in [1.82, 2.24) is 24.3 Å². The number of fused-ring (bicyclic) bond motifs is 1. The second-order valence-corrected chi connectivity index (χ2v) is 9.77. The number of halogens is 1. The van der Waals surface area contributed by atoms with Crippen LogP contribution in [0.15, 0.2) is 73.4 Å². The van der Waals surface area contributed by atoms with Crippen LogP contribution in [0.25, 0.3) is 39.0 Å². The normalized spacial score (nSPS) is 11.7. The third kappa shape index (κ3) is 3.92. The van der Waals surface area contributed by atoms with Gasteiger partial charge in [0, 0.05) is 42.2 Å². The highest BCUT2D eigenvalue weighted by Gasteiger charge is 2.19. The summed E-state index contributed by atoms with van der Waals surface area (Å²) in [5, 5.41) is 4.26.